The van der Waals surface area contributed by atoms with Gasteiger partial charge in [0.05, 0.1) is 7.11 Å². The zero-order valence-electron chi connectivity index (χ0n) is 16.4. The van der Waals surface area contributed by atoms with Crippen molar-refractivity contribution in [1.29, 1.82) is 0 Å². The summed E-state index contributed by atoms with van der Waals surface area (Å²) in [6.07, 6.45) is 0. The van der Waals surface area contributed by atoms with Gasteiger partial charge in [-0.25, -0.2) is 4.79 Å². The predicted octanol–water partition coefficient (Wildman–Crippen LogP) is 4.70. The first-order valence-electron chi connectivity index (χ1n) is 9.55. The molecular formula is C24H21NO4S. The Kier molecular flexibility index (Phi) is 5.77. The molecule has 0 aliphatic carbocycles. The van der Waals surface area contributed by atoms with E-state index in [0.717, 1.165) is 22.4 Å². The molecule has 6 heteroatoms. The molecule has 4 rings (SSSR count). The van der Waals surface area contributed by atoms with Gasteiger partial charge in [0.15, 0.2) is 0 Å². The first-order valence-corrected chi connectivity index (χ1v) is 10.6. The Balaban J connectivity index is 1.65. The molecule has 30 heavy (non-hydrogen) atoms. The SMILES string of the molecule is COc1ccccc1-c1ccc(C(=O)N2[C@@H](c3ccccc3)SC[C@H]2C(=O)O)cc1. The summed E-state index contributed by atoms with van der Waals surface area (Å²) in [5.41, 5.74) is 3.24. The molecule has 0 aromatic heterocycles. The number of rotatable bonds is 5. The maximum atomic E-state index is 13.3. The zero-order chi connectivity index (χ0) is 21.1. The van der Waals surface area contributed by atoms with E-state index in [1.165, 1.54) is 16.7 Å². The molecule has 3 aromatic carbocycles. The van der Waals surface area contributed by atoms with Crippen LogP contribution in [0.3, 0.4) is 0 Å². The van der Waals surface area contributed by atoms with E-state index in [4.69, 9.17) is 4.74 Å². The molecule has 1 aliphatic heterocycles. The maximum Gasteiger partial charge on any atom is 0.327 e. The topological polar surface area (TPSA) is 66.8 Å². The Labute approximate surface area is 179 Å². The molecule has 1 heterocycles. The molecule has 1 amide bonds. The standard InChI is InChI=1S/C24H21NO4S/c1-29-21-10-6-5-9-19(21)16-11-13-17(14-12-16)22(26)25-20(24(27)28)15-30-23(25)18-7-3-2-4-8-18/h2-14,20,23H,15H2,1H3,(H,27,28)/t20-,23+/m0/s1. The predicted molar refractivity (Wildman–Crippen MR) is 118 cm³/mol. The second-order valence-corrected chi connectivity index (χ2v) is 8.05. The highest BCUT2D eigenvalue weighted by Crippen LogP contribution is 2.42. The van der Waals surface area contributed by atoms with Gasteiger partial charge in [-0.15, -0.1) is 11.8 Å². The molecule has 152 valence electrons. The molecule has 3 aromatic rings. The molecule has 5 nitrogen and oxygen atoms in total. The highest BCUT2D eigenvalue weighted by atomic mass is 32.2. The molecule has 2 atom stereocenters. The molecular weight excluding hydrogens is 398 g/mol. The molecule has 0 spiro atoms. The fourth-order valence-corrected chi connectivity index (χ4v) is 5.06. The van der Waals surface area contributed by atoms with Crippen LogP contribution in [-0.4, -0.2) is 40.8 Å². The number of nitrogens with zero attached hydrogens (tertiary/aromatic N) is 1. The van der Waals surface area contributed by atoms with Crippen LogP contribution in [0.2, 0.25) is 0 Å². The van der Waals surface area contributed by atoms with Crippen LogP contribution < -0.4 is 4.74 Å². The number of carboxylic acids is 1. The Bertz CT molecular complexity index is 1050. The van der Waals surface area contributed by atoms with Crippen molar-refractivity contribution in [3.8, 4) is 16.9 Å². The summed E-state index contributed by atoms with van der Waals surface area (Å²) in [7, 11) is 1.62. The first-order chi connectivity index (χ1) is 14.6. The van der Waals surface area contributed by atoms with Crippen molar-refractivity contribution in [2.75, 3.05) is 12.9 Å². The van der Waals surface area contributed by atoms with Crippen molar-refractivity contribution in [2.24, 2.45) is 0 Å². The molecule has 1 saturated heterocycles. The van der Waals surface area contributed by atoms with Crippen molar-refractivity contribution in [3.05, 3.63) is 90.0 Å². The van der Waals surface area contributed by atoms with Gasteiger partial charge in [0.1, 0.15) is 17.2 Å². The lowest BCUT2D eigenvalue weighted by molar-refractivity contribution is -0.141. The van der Waals surface area contributed by atoms with Crippen LogP contribution in [0, 0.1) is 0 Å². The Morgan fingerprint density at radius 3 is 2.30 bits per heavy atom. The molecule has 0 unspecified atom stereocenters. The average molecular weight is 420 g/mol. The molecule has 0 saturated carbocycles. The minimum absolute atomic E-state index is 0.284. The second kappa shape index (κ2) is 8.63. The lowest BCUT2D eigenvalue weighted by atomic mass is 10.0. The summed E-state index contributed by atoms with van der Waals surface area (Å²) >= 11 is 1.48. The Hall–Kier alpha value is -3.25. The summed E-state index contributed by atoms with van der Waals surface area (Å²) in [5.74, 6) is -0.157. The van der Waals surface area contributed by atoms with Gasteiger partial charge in [-0.3, -0.25) is 4.79 Å². The van der Waals surface area contributed by atoms with Gasteiger partial charge in [0, 0.05) is 16.9 Å². The third-order valence-corrected chi connectivity index (χ3v) is 6.48. The van der Waals surface area contributed by atoms with Gasteiger partial charge >= 0.3 is 5.97 Å². The average Bonchev–Trinajstić information content (AvgIpc) is 3.25. The number of hydrogen-bond acceptors (Lipinski definition) is 4. The molecule has 1 fully saturated rings. The van der Waals surface area contributed by atoms with Crippen LogP contribution in [0.5, 0.6) is 5.75 Å². The van der Waals surface area contributed by atoms with E-state index in [-0.39, 0.29) is 11.3 Å². The summed E-state index contributed by atoms with van der Waals surface area (Å²) in [5, 5.41) is 9.35. The van der Waals surface area contributed by atoms with E-state index in [9.17, 15) is 14.7 Å². The van der Waals surface area contributed by atoms with Gasteiger partial charge in [-0.05, 0) is 29.3 Å². The number of para-hydroxylation sites is 1. The van der Waals surface area contributed by atoms with E-state index in [2.05, 4.69) is 0 Å². The van der Waals surface area contributed by atoms with E-state index in [1.807, 2.05) is 66.7 Å². The van der Waals surface area contributed by atoms with Crippen LogP contribution in [-0.2, 0) is 4.79 Å². The van der Waals surface area contributed by atoms with Gasteiger partial charge in [0.25, 0.3) is 5.91 Å². The number of carbonyl (C=O) groups is 2. The van der Waals surface area contributed by atoms with E-state index in [1.54, 1.807) is 19.2 Å². The van der Waals surface area contributed by atoms with E-state index >= 15 is 0 Å². The summed E-state index contributed by atoms with van der Waals surface area (Å²) in [6.45, 7) is 0. The third-order valence-electron chi connectivity index (χ3n) is 5.15. The van der Waals surface area contributed by atoms with E-state index in [0.29, 0.717) is 11.3 Å². The van der Waals surface area contributed by atoms with Crippen molar-refractivity contribution in [2.45, 2.75) is 11.4 Å². The minimum atomic E-state index is -0.986. The van der Waals surface area contributed by atoms with Crippen LogP contribution >= 0.6 is 11.8 Å². The normalized spacial score (nSPS) is 18.2. The quantitative estimate of drug-likeness (QED) is 0.649. The summed E-state index contributed by atoms with van der Waals surface area (Å²) in [6, 6.07) is 23.6. The van der Waals surface area contributed by atoms with Crippen molar-refractivity contribution < 1.29 is 19.4 Å². The number of methoxy groups -OCH3 is 1. The zero-order valence-corrected chi connectivity index (χ0v) is 17.2. The number of carbonyl (C=O) groups excluding carboxylic acids is 1. The van der Waals surface area contributed by atoms with Crippen molar-refractivity contribution in [1.82, 2.24) is 4.90 Å². The fraction of sp³-hybridized carbons (Fsp3) is 0.167. The van der Waals surface area contributed by atoms with Crippen LogP contribution in [0.15, 0.2) is 78.9 Å². The Morgan fingerprint density at radius 1 is 0.967 bits per heavy atom. The minimum Gasteiger partial charge on any atom is -0.496 e. The van der Waals surface area contributed by atoms with E-state index < -0.39 is 12.0 Å². The van der Waals surface area contributed by atoms with Crippen molar-refractivity contribution in [3.63, 3.8) is 0 Å². The van der Waals surface area contributed by atoms with Gasteiger partial charge < -0.3 is 14.7 Å². The maximum absolute atomic E-state index is 13.3. The van der Waals surface area contributed by atoms with Crippen LogP contribution in [0.25, 0.3) is 11.1 Å². The highest BCUT2D eigenvalue weighted by molar-refractivity contribution is 7.99. The summed E-state index contributed by atoms with van der Waals surface area (Å²) in [4.78, 5) is 26.6. The van der Waals surface area contributed by atoms with Gasteiger partial charge in [-0.1, -0.05) is 60.7 Å². The molecule has 1 N–H and O–H groups in total. The first kappa shape index (κ1) is 20.0. The third kappa shape index (κ3) is 3.78. The number of thioether (sulfide) groups is 1. The number of hydrogen-bond donors (Lipinski definition) is 1. The van der Waals surface area contributed by atoms with Crippen molar-refractivity contribution >= 4 is 23.6 Å². The van der Waals surface area contributed by atoms with Crippen LogP contribution in [0.1, 0.15) is 21.3 Å². The second-order valence-electron chi connectivity index (χ2n) is 6.94. The molecule has 0 bridgehead atoms. The monoisotopic (exact) mass is 419 g/mol. The smallest absolute Gasteiger partial charge is 0.327 e. The number of ether oxygens (including phenoxy) is 1. The lowest BCUT2D eigenvalue weighted by Gasteiger charge is -2.27. The van der Waals surface area contributed by atoms with Gasteiger partial charge in [-0.2, -0.15) is 0 Å². The largest absolute Gasteiger partial charge is 0.496 e. The molecule has 0 radical (unpaired) electrons. The Morgan fingerprint density at radius 2 is 1.63 bits per heavy atom. The lowest BCUT2D eigenvalue weighted by Crippen LogP contribution is -2.42. The number of amides is 1. The summed E-state index contributed by atoms with van der Waals surface area (Å²) < 4.78 is 5.42. The number of aliphatic carboxylic acids is 1. The van der Waals surface area contributed by atoms with Gasteiger partial charge in [0.2, 0.25) is 0 Å². The number of carboxylic acid groups (broad SMARTS) is 1. The highest BCUT2D eigenvalue weighted by Gasteiger charge is 2.42. The fourth-order valence-electron chi connectivity index (χ4n) is 3.64. The van der Waals surface area contributed by atoms with Crippen LogP contribution in [0.4, 0.5) is 0 Å². The number of benzene rings is 3. The molecule has 1 aliphatic rings.